The number of nitrogens with two attached hydrogens (primary N) is 1. The summed E-state index contributed by atoms with van der Waals surface area (Å²) in [5, 5.41) is 9.98. The van der Waals surface area contributed by atoms with Gasteiger partial charge in [0.05, 0.1) is 17.0 Å². The van der Waals surface area contributed by atoms with E-state index in [9.17, 15) is 0 Å². The van der Waals surface area contributed by atoms with Gasteiger partial charge in [0.1, 0.15) is 10.6 Å². The van der Waals surface area contributed by atoms with Gasteiger partial charge in [-0.1, -0.05) is 42.5 Å². The van der Waals surface area contributed by atoms with Crippen LogP contribution < -0.4 is 5.73 Å². The summed E-state index contributed by atoms with van der Waals surface area (Å²) in [7, 11) is 0. The summed E-state index contributed by atoms with van der Waals surface area (Å²) in [6.07, 6.45) is 1.93. The van der Waals surface area contributed by atoms with Gasteiger partial charge in [-0.25, -0.2) is 9.97 Å². The first-order valence-corrected chi connectivity index (χ1v) is 9.15. The molecule has 0 amide bonds. The van der Waals surface area contributed by atoms with Gasteiger partial charge in [-0.05, 0) is 36.6 Å². The lowest BCUT2D eigenvalue weighted by atomic mass is 10.1. The Morgan fingerprint density at radius 1 is 0.962 bits per heavy atom. The maximum Gasteiger partial charge on any atom is 0.163 e. The molecular weight excluding hydrogens is 340 g/mol. The molecule has 26 heavy (non-hydrogen) atoms. The Kier molecular flexibility index (Phi) is 4.34. The summed E-state index contributed by atoms with van der Waals surface area (Å²) in [5.74, 6) is 1.04. The van der Waals surface area contributed by atoms with Gasteiger partial charge < -0.3 is 5.73 Å². The van der Waals surface area contributed by atoms with Crippen molar-refractivity contribution in [3.05, 3.63) is 76.7 Å². The Hall–Kier alpha value is -3.23. The van der Waals surface area contributed by atoms with Crippen LogP contribution in [-0.2, 0) is 12.8 Å². The van der Waals surface area contributed by atoms with Crippen LogP contribution >= 0.6 is 11.3 Å². The topological polar surface area (TPSA) is 75.6 Å². The average molecular weight is 356 g/mol. The molecule has 0 aliphatic carbocycles. The molecule has 2 N–H and O–H groups in total. The second-order valence-corrected chi connectivity index (χ2v) is 7.16. The van der Waals surface area contributed by atoms with E-state index >= 15 is 0 Å². The van der Waals surface area contributed by atoms with Crippen molar-refractivity contribution < 1.29 is 0 Å². The zero-order valence-corrected chi connectivity index (χ0v) is 14.8. The zero-order valence-electron chi connectivity index (χ0n) is 14.0. The fraction of sp³-hybridized carbons (Fsp3) is 0.0952. The largest absolute Gasteiger partial charge is 0.383 e. The van der Waals surface area contributed by atoms with Crippen LogP contribution in [0, 0.1) is 11.3 Å². The number of thiophene rings is 1. The van der Waals surface area contributed by atoms with Crippen LogP contribution in [0.2, 0.25) is 0 Å². The molecule has 5 heteroatoms. The summed E-state index contributed by atoms with van der Waals surface area (Å²) in [4.78, 5) is 11.2. The molecule has 126 valence electrons. The fourth-order valence-electron chi connectivity index (χ4n) is 2.89. The van der Waals surface area contributed by atoms with Gasteiger partial charge in [0.25, 0.3) is 0 Å². The summed E-state index contributed by atoms with van der Waals surface area (Å²) < 4.78 is 0. The van der Waals surface area contributed by atoms with Crippen LogP contribution in [-0.4, -0.2) is 9.97 Å². The van der Waals surface area contributed by atoms with Crippen molar-refractivity contribution in [2.45, 2.75) is 12.8 Å². The number of anilines is 1. The molecule has 0 saturated carbocycles. The highest BCUT2D eigenvalue weighted by molar-refractivity contribution is 7.18. The predicted molar refractivity (Wildman–Crippen MR) is 106 cm³/mol. The molecule has 0 atom stereocenters. The molecule has 4 rings (SSSR count). The smallest absolute Gasteiger partial charge is 0.163 e. The molecule has 0 radical (unpaired) electrons. The third-order valence-electron chi connectivity index (χ3n) is 4.23. The van der Waals surface area contributed by atoms with E-state index in [0.29, 0.717) is 17.2 Å². The van der Waals surface area contributed by atoms with Gasteiger partial charge in [0.15, 0.2) is 5.82 Å². The number of aryl methyl sites for hydroxylation is 2. The Bertz CT molecular complexity index is 1110. The van der Waals surface area contributed by atoms with Gasteiger partial charge in [0.2, 0.25) is 0 Å². The lowest BCUT2D eigenvalue weighted by Gasteiger charge is -2.02. The molecule has 0 unspecified atom stereocenters. The number of aromatic nitrogens is 2. The minimum atomic E-state index is 0.481. The molecule has 4 aromatic rings. The Morgan fingerprint density at radius 3 is 2.62 bits per heavy atom. The molecule has 0 spiro atoms. The van der Waals surface area contributed by atoms with Crippen molar-refractivity contribution in [3.63, 3.8) is 0 Å². The lowest BCUT2D eigenvalue weighted by Crippen LogP contribution is -1.96. The molecule has 2 aromatic heterocycles. The van der Waals surface area contributed by atoms with Crippen molar-refractivity contribution in [3.8, 4) is 17.5 Å². The highest BCUT2D eigenvalue weighted by atomic mass is 32.1. The van der Waals surface area contributed by atoms with Crippen molar-refractivity contribution in [1.82, 2.24) is 9.97 Å². The number of rotatable bonds is 4. The van der Waals surface area contributed by atoms with Crippen molar-refractivity contribution >= 4 is 27.4 Å². The highest BCUT2D eigenvalue weighted by Crippen LogP contribution is 2.30. The van der Waals surface area contributed by atoms with Crippen molar-refractivity contribution in [2.75, 3.05) is 5.73 Å². The highest BCUT2D eigenvalue weighted by Gasteiger charge is 2.11. The number of hydrogen-bond donors (Lipinski definition) is 1. The van der Waals surface area contributed by atoms with Crippen LogP contribution in [0.5, 0.6) is 0 Å². The lowest BCUT2D eigenvalue weighted by molar-refractivity contribution is 0.982. The average Bonchev–Trinajstić information content (AvgIpc) is 3.11. The SMILES string of the molecule is N#Cc1cccc(-c2nc(N)c3cc(CCc4ccccc4)sc3n2)c1. The van der Waals surface area contributed by atoms with Gasteiger partial charge in [-0.2, -0.15) is 5.26 Å². The molecule has 2 heterocycles. The molecule has 4 nitrogen and oxygen atoms in total. The normalized spacial score (nSPS) is 10.7. The first-order valence-electron chi connectivity index (χ1n) is 8.33. The van der Waals surface area contributed by atoms with E-state index in [1.807, 2.05) is 18.2 Å². The van der Waals surface area contributed by atoms with Gasteiger partial charge >= 0.3 is 0 Å². The molecule has 0 aliphatic heterocycles. The summed E-state index contributed by atoms with van der Waals surface area (Å²) in [6, 6.07) is 21.9. The Labute approximate surface area is 155 Å². The summed E-state index contributed by atoms with van der Waals surface area (Å²) in [5.41, 5.74) is 8.88. The van der Waals surface area contributed by atoms with E-state index in [-0.39, 0.29) is 0 Å². The first kappa shape index (κ1) is 16.2. The van der Waals surface area contributed by atoms with Crippen LogP contribution in [0.25, 0.3) is 21.6 Å². The third-order valence-corrected chi connectivity index (χ3v) is 5.31. The van der Waals surface area contributed by atoms with Gasteiger partial charge in [-0.15, -0.1) is 11.3 Å². The third kappa shape index (κ3) is 3.28. The van der Waals surface area contributed by atoms with E-state index < -0.39 is 0 Å². The number of nitrogen functional groups attached to an aromatic ring is 1. The van der Waals surface area contributed by atoms with Gasteiger partial charge in [0, 0.05) is 10.4 Å². The van der Waals surface area contributed by atoms with Crippen LogP contribution in [0.1, 0.15) is 16.0 Å². The van der Waals surface area contributed by atoms with E-state index in [4.69, 9.17) is 11.0 Å². The number of benzene rings is 2. The second-order valence-electron chi connectivity index (χ2n) is 6.04. The number of nitriles is 1. The minimum Gasteiger partial charge on any atom is -0.383 e. The van der Waals surface area contributed by atoms with Crippen molar-refractivity contribution in [1.29, 1.82) is 5.26 Å². The minimum absolute atomic E-state index is 0.481. The summed E-state index contributed by atoms with van der Waals surface area (Å²) in [6.45, 7) is 0. The second kappa shape index (κ2) is 6.95. The summed E-state index contributed by atoms with van der Waals surface area (Å²) >= 11 is 1.65. The predicted octanol–water partition coefficient (Wildman–Crippen LogP) is 4.60. The van der Waals surface area contributed by atoms with Gasteiger partial charge in [-0.3, -0.25) is 0 Å². The maximum atomic E-state index is 9.08. The standard InChI is InChI=1S/C21H16N4S/c22-13-15-7-4-8-16(11-15)20-24-19(23)18-12-17(26-21(18)25-20)10-9-14-5-2-1-3-6-14/h1-8,11-12H,9-10H2,(H2,23,24,25). The molecule has 2 aromatic carbocycles. The number of nitrogens with zero attached hydrogens (tertiary/aromatic N) is 3. The fourth-order valence-corrected chi connectivity index (χ4v) is 3.92. The Morgan fingerprint density at radius 2 is 1.81 bits per heavy atom. The van der Waals surface area contributed by atoms with E-state index in [2.05, 4.69) is 46.4 Å². The van der Waals surface area contributed by atoms with Crippen LogP contribution in [0.15, 0.2) is 60.7 Å². The molecule has 0 fully saturated rings. The Balaban J connectivity index is 1.65. The molecule has 0 saturated heterocycles. The van der Waals surface area contributed by atoms with Crippen LogP contribution in [0.4, 0.5) is 5.82 Å². The zero-order chi connectivity index (χ0) is 17.9. The quantitative estimate of drug-likeness (QED) is 0.580. The van der Waals surface area contributed by atoms with Crippen LogP contribution in [0.3, 0.4) is 0 Å². The first-order chi connectivity index (χ1) is 12.7. The monoisotopic (exact) mass is 356 g/mol. The molecule has 0 bridgehead atoms. The van der Waals surface area contributed by atoms with E-state index in [1.165, 1.54) is 10.4 Å². The number of fused-ring (bicyclic) bond motifs is 1. The number of hydrogen-bond acceptors (Lipinski definition) is 5. The molecule has 0 aliphatic rings. The van der Waals surface area contributed by atoms with Crippen molar-refractivity contribution in [2.24, 2.45) is 0 Å². The maximum absolute atomic E-state index is 9.08. The molecular formula is C21H16N4S. The van der Waals surface area contributed by atoms with E-state index in [0.717, 1.165) is 28.6 Å². The van der Waals surface area contributed by atoms with E-state index in [1.54, 1.807) is 23.5 Å².